The fourth-order valence-electron chi connectivity index (χ4n) is 7.94. The molecule has 4 aliphatic heterocycles. The van der Waals surface area contributed by atoms with Crippen molar-refractivity contribution >= 4 is 40.6 Å². The van der Waals surface area contributed by atoms with Gasteiger partial charge in [-0.25, -0.2) is 0 Å². The number of hydrogen-bond donors (Lipinski definition) is 2. The lowest BCUT2D eigenvalue weighted by Gasteiger charge is -2.43. The third-order valence-electron chi connectivity index (χ3n) is 9.26. The molecule has 4 atom stereocenters. The summed E-state index contributed by atoms with van der Waals surface area (Å²) in [5.74, 6) is -0.934. The second kappa shape index (κ2) is 8.56. The Morgan fingerprint density at radius 3 is 2.58 bits per heavy atom. The maximum atomic E-state index is 14.9. The molecule has 2 spiro atoms. The predicted octanol–water partition coefficient (Wildman–Crippen LogP) is 4.68. The van der Waals surface area contributed by atoms with Crippen LogP contribution in [0.3, 0.4) is 0 Å². The van der Waals surface area contributed by atoms with Gasteiger partial charge in [0.2, 0.25) is 5.91 Å². The normalized spacial score (nSPS) is 27.9. The summed E-state index contributed by atoms with van der Waals surface area (Å²) in [5.41, 5.74) is 0.554. The second-order valence-corrected chi connectivity index (χ2v) is 11.4. The van der Waals surface area contributed by atoms with Crippen LogP contribution in [-0.2, 0) is 20.5 Å². The van der Waals surface area contributed by atoms with Crippen LogP contribution in [0.5, 0.6) is 11.5 Å². The van der Waals surface area contributed by atoms with Crippen molar-refractivity contribution in [1.29, 1.82) is 0 Å². The average molecular weight is 558 g/mol. The Labute approximate surface area is 236 Å². The van der Waals surface area contributed by atoms with Crippen molar-refractivity contribution in [2.75, 3.05) is 31.4 Å². The molecule has 0 bridgehead atoms. The topological polar surface area (TPSA) is 97.0 Å². The Kier molecular flexibility index (Phi) is 5.37. The molecule has 9 heteroatoms. The maximum absolute atomic E-state index is 14.9. The van der Waals surface area contributed by atoms with Gasteiger partial charge in [-0.05, 0) is 61.7 Å². The number of amides is 2. The quantitative estimate of drug-likeness (QED) is 0.452. The number of fused-ring (bicyclic) bond motifs is 7. The molecule has 7 rings (SSSR count). The van der Waals surface area contributed by atoms with Crippen molar-refractivity contribution in [2.24, 2.45) is 5.92 Å². The van der Waals surface area contributed by atoms with Crippen LogP contribution in [0.2, 0.25) is 5.02 Å². The lowest BCUT2D eigenvalue weighted by molar-refractivity contribution is -0.137. The number of hydrogen-bond acceptors (Lipinski definition) is 6. The SMILES string of the molecule is COc1ccc(C(=O)[C@@H]2[C@@H]3CCCN3[C@]3(C(=O)Nc4c(Cl)cc(C)cc43)[C@]23C(=O)Nc2ccccc23)c(OC)c1. The summed E-state index contributed by atoms with van der Waals surface area (Å²) in [5, 5.41) is 6.49. The van der Waals surface area contributed by atoms with Gasteiger partial charge in [0.15, 0.2) is 5.78 Å². The lowest BCUT2D eigenvalue weighted by Crippen LogP contribution is -2.62. The largest absolute Gasteiger partial charge is 0.497 e. The van der Waals surface area contributed by atoms with Crippen LogP contribution in [0.4, 0.5) is 11.4 Å². The van der Waals surface area contributed by atoms with Crippen LogP contribution in [0.25, 0.3) is 0 Å². The van der Waals surface area contributed by atoms with E-state index in [1.54, 1.807) is 31.4 Å². The summed E-state index contributed by atoms with van der Waals surface area (Å²) in [7, 11) is 3.05. The van der Waals surface area contributed by atoms with E-state index in [2.05, 4.69) is 15.5 Å². The highest BCUT2D eigenvalue weighted by molar-refractivity contribution is 6.35. The Balaban J connectivity index is 1.58. The van der Waals surface area contributed by atoms with Crippen molar-refractivity contribution in [3.8, 4) is 11.5 Å². The third kappa shape index (κ3) is 2.82. The molecular formula is C31H28ClN3O5. The van der Waals surface area contributed by atoms with Gasteiger partial charge >= 0.3 is 0 Å². The molecular weight excluding hydrogens is 530 g/mol. The minimum absolute atomic E-state index is 0.250. The number of rotatable bonds is 4. The minimum atomic E-state index is -1.55. The summed E-state index contributed by atoms with van der Waals surface area (Å²) in [6, 6.07) is 15.8. The number of carbonyl (C=O) groups excluding carboxylic acids is 3. The Bertz CT molecular complexity index is 1640. The first-order valence-electron chi connectivity index (χ1n) is 13.4. The number of nitrogens with one attached hydrogen (secondary N) is 2. The molecule has 2 saturated heterocycles. The van der Waals surface area contributed by atoms with E-state index in [1.807, 2.05) is 37.3 Å². The first-order valence-corrected chi connectivity index (χ1v) is 13.7. The summed E-state index contributed by atoms with van der Waals surface area (Å²) in [4.78, 5) is 46.2. The molecule has 0 aliphatic carbocycles. The molecule has 0 unspecified atom stereocenters. The van der Waals surface area contributed by atoms with Crippen LogP contribution in [0.1, 0.15) is 39.9 Å². The summed E-state index contributed by atoms with van der Waals surface area (Å²) >= 11 is 6.71. The Morgan fingerprint density at radius 1 is 1.00 bits per heavy atom. The van der Waals surface area contributed by atoms with Gasteiger partial charge < -0.3 is 20.1 Å². The third-order valence-corrected chi connectivity index (χ3v) is 9.56. The number of benzene rings is 3. The molecule has 2 N–H and O–H groups in total. The van der Waals surface area contributed by atoms with Gasteiger partial charge in [0.25, 0.3) is 5.91 Å². The fourth-order valence-corrected chi connectivity index (χ4v) is 8.26. The number of aryl methyl sites for hydroxylation is 1. The molecule has 8 nitrogen and oxygen atoms in total. The van der Waals surface area contributed by atoms with E-state index in [-0.39, 0.29) is 23.6 Å². The number of ketones is 1. The standard InChI is InChI=1S/C31H28ClN3O5/c1-16-13-20-26(21(32)14-16)34-29(38)31(20)30(19-7-4-5-8-22(19)33-28(30)37)25(23-9-6-12-35(23)31)27(36)18-11-10-17(39-2)15-24(18)40-3/h4-5,7-8,10-11,13-15,23,25H,6,9,12H2,1-3H3,(H,33,37)(H,34,38)/t23-,25-,30-,31+/m0/s1. The van der Waals surface area contributed by atoms with Crippen molar-refractivity contribution in [3.63, 3.8) is 0 Å². The van der Waals surface area contributed by atoms with E-state index in [0.29, 0.717) is 57.6 Å². The van der Waals surface area contributed by atoms with Gasteiger partial charge in [-0.1, -0.05) is 35.9 Å². The van der Waals surface area contributed by atoms with E-state index >= 15 is 0 Å². The fraction of sp³-hybridized carbons (Fsp3) is 0.323. The highest BCUT2D eigenvalue weighted by Crippen LogP contribution is 2.68. The zero-order valence-electron chi connectivity index (χ0n) is 22.3. The van der Waals surface area contributed by atoms with Crippen molar-refractivity contribution in [2.45, 2.75) is 36.8 Å². The number of nitrogens with zero attached hydrogens (tertiary/aromatic N) is 1. The Morgan fingerprint density at radius 2 is 1.80 bits per heavy atom. The summed E-state index contributed by atoms with van der Waals surface area (Å²) < 4.78 is 11.0. The monoisotopic (exact) mass is 557 g/mol. The van der Waals surface area contributed by atoms with E-state index < -0.39 is 16.9 Å². The van der Waals surface area contributed by atoms with Gasteiger partial charge in [0.05, 0.1) is 36.4 Å². The molecule has 204 valence electrons. The smallest absolute Gasteiger partial charge is 0.251 e. The number of carbonyl (C=O) groups is 3. The molecule has 4 aliphatic rings. The molecule has 40 heavy (non-hydrogen) atoms. The summed E-state index contributed by atoms with van der Waals surface area (Å²) in [6.45, 7) is 2.48. The number of ether oxygens (including phenoxy) is 2. The molecule has 3 aromatic carbocycles. The van der Waals surface area contributed by atoms with Crippen LogP contribution >= 0.6 is 11.6 Å². The zero-order chi connectivity index (χ0) is 28.0. The predicted molar refractivity (Wildman–Crippen MR) is 150 cm³/mol. The van der Waals surface area contributed by atoms with E-state index in [9.17, 15) is 14.4 Å². The molecule has 2 fully saturated rings. The maximum Gasteiger partial charge on any atom is 0.251 e. The van der Waals surface area contributed by atoms with Gasteiger partial charge in [-0.15, -0.1) is 0 Å². The van der Waals surface area contributed by atoms with Crippen molar-refractivity contribution in [3.05, 3.63) is 81.9 Å². The molecule has 2 amide bonds. The highest BCUT2D eigenvalue weighted by atomic mass is 35.5. The minimum Gasteiger partial charge on any atom is -0.497 e. The van der Waals surface area contributed by atoms with Gasteiger partial charge in [0, 0.05) is 23.4 Å². The molecule has 3 aromatic rings. The first kappa shape index (κ1) is 25.1. The van der Waals surface area contributed by atoms with Crippen molar-refractivity contribution in [1.82, 2.24) is 4.90 Å². The van der Waals surface area contributed by atoms with Crippen LogP contribution in [-0.4, -0.2) is 49.3 Å². The number of methoxy groups -OCH3 is 2. The van der Waals surface area contributed by atoms with Crippen LogP contribution in [0.15, 0.2) is 54.6 Å². The number of Topliss-reactive ketones (excluding diaryl/α,β-unsaturated/α-hetero) is 1. The van der Waals surface area contributed by atoms with Crippen LogP contribution < -0.4 is 20.1 Å². The molecule has 0 radical (unpaired) electrons. The highest BCUT2D eigenvalue weighted by Gasteiger charge is 2.81. The van der Waals surface area contributed by atoms with Gasteiger partial charge in [0.1, 0.15) is 22.5 Å². The average Bonchev–Trinajstić information content (AvgIpc) is 3.67. The Hall–Kier alpha value is -3.88. The zero-order valence-corrected chi connectivity index (χ0v) is 23.1. The van der Waals surface area contributed by atoms with E-state index in [1.165, 1.54) is 7.11 Å². The molecule has 0 aromatic heterocycles. The molecule has 0 saturated carbocycles. The van der Waals surface area contributed by atoms with Gasteiger partial charge in [-0.3, -0.25) is 19.3 Å². The van der Waals surface area contributed by atoms with Crippen molar-refractivity contribution < 1.29 is 23.9 Å². The first-order chi connectivity index (χ1) is 19.3. The number of halogens is 1. The molecule has 4 heterocycles. The number of para-hydroxylation sites is 1. The number of anilines is 2. The van der Waals surface area contributed by atoms with E-state index in [0.717, 1.165) is 12.0 Å². The second-order valence-electron chi connectivity index (χ2n) is 11.0. The van der Waals surface area contributed by atoms with Gasteiger partial charge in [-0.2, -0.15) is 0 Å². The lowest BCUT2D eigenvalue weighted by atomic mass is 9.57. The van der Waals surface area contributed by atoms with Crippen LogP contribution in [0, 0.1) is 12.8 Å². The summed E-state index contributed by atoms with van der Waals surface area (Å²) in [6.07, 6.45) is 1.45. The van der Waals surface area contributed by atoms with E-state index in [4.69, 9.17) is 21.1 Å².